The number of furan rings is 1. The minimum absolute atomic E-state index is 0.0286. The Morgan fingerprint density at radius 3 is 3.00 bits per heavy atom. The highest BCUT2D eigenvalue weighted by Crippen LogP contribution is 2.30. The third-order valence-electron chi connectivity index (χ3n) is 3.19. The maximum Gasteiger partial charge on any atom is 0.303 e. The van der Waals surface area contributed by atoms with E-state index in [1.807, 2.05) is 31.2 Å². The standard InChI is InChI=1S/C15H19NO4/c1-10(16-8-4-7-14(17)18)13-9-11-5-3-6-12(19-2)15(11)20-13/h3,5-6,9-10,16H,4,7-8H2,1-2H3,(H,17,18). The van der Waals surface area contributed by atoms with Crippen molar-refractivity contribution in [1.82, 2.24) is 5.32 Å². The van der Waals surface area contributed by atoms with E-state index < -0.39 is 5.97 Å². The van der Waals surface area contributed by atoms with Crippen LogP contribution in [0.2, 0.25) is 0 Å². The van der Waals surface area contributed by atoms with E-state index in [0.29, 0.717) is 18.7 Å². The molecule has 2 N–H and O–H groups in total. The molecule has 5 nitrogen and oxygen atoms in total. The summed E-state index contributed by atoms with van der Waals surface area (Å²) in [7, 11) is 1.62. The third kappa shape index (κ3) is 3.30. The van der Waals surface area contributed by atoms with E-state index >= 15 is 0 Å². The van der Waals surface area contributed by atoms with Crippen LogP contribution in [0.5, 0.6) is 5.75 Å². The van der Waals surface area contributed by atoms with Gasteiger partial charge in [-0.15, -0.1) is 0 Å². The number of nitrogens with one attached hydrogen (secondary N) is 1. The van der Waals surface area contributed by atoms with Crippen molar-refractivity contribution in [2.75, 3.05) is 13.7 Å². The number of benzene rings is 1. The molecule has 0 aliphatic carbocycles. The highest BCUT2D eigenvalue weighted by Gasteiger charge is 2.13. The number of aliphatic carboxylic acids is 1. The predicted molar refractivity (Wildman–Crippen MR) is 76.1 cm³/mol. The lowest BCUT2D eigenvalue weighted by Crippen LogP contribution is -2.20. The lowest BCUT2D eigenvalue weighted by atomic mass is 10.2. The summed E-state index contributed by atoms with van der Waals surface area (Å²) in [5, 5.41) is 12.8. The molecule has 1 unspecified atom stereocenters. The Kier molecular flexibility index (Phi) is 4.63. The minimum Gasteiger partial charge on any atom is -0.493 e. The van der Waals surface area contributed by atoms with Crippen LogP contribution in [-0.2, 0) is 4.79 Å². The molecular weight excluding hydrogens is 258 g/mol. The predicted octanol–water partition coefficient (Wildman–Crippen LogP) is 2.96. The first-order chi connectivity index (χ1) is 9.61. The molecule has 0 saturated carbocycles. The van der Waals surface area contributed by atoms with Crippen molar-refractivity contribution >= 4 is 16.9 Å². The van der Waals surface area contributed by atoms with Gasteiger partial charge in [-0.2, -0.15) is 0 Å². The molecule has 0 fully saturated rings. The molecule has 0 amide bonds. The van der Waals surface area contributed by atoms with Gasteiger partial charge in [0.25, 0.3) is 0 Å². The summed E-state index contributed by atoms with van der Waals surface area (Å²) < 4.78 is 11.1. The highest BCUT2D eigenvalue weighted by molar-refractivity contribution is 5.83. The van der Waals surface area contributed by atoms with Crippen LogP contribution in [0.25, 0.3) is 11.0 Å². The van der Waals surface area contributed by atoms with Gasteiger partial charge in [0.2, 0.25) is 0 Å². The monoisotopic (exact) mass is 277 g/mol. The van der Waals surface area contributed by atoms with Crippen molar-refractivity contribution in [2.45, 2.75) is 25.8 Å². The van der Waals surface area contributed by atoms with E-state index in [4.69, 9.17) is 14.3 Å². The second-order valence-electron chi connectivity index (χ2n) is 4.70. The van der Waals surface area contributed by atoms with Crippen LogP contribution in [0.3, 0.4) is 0 Å². The van der Waals surface area contributed by atoms with E-state index in [0.717, 1.165) is 16.7 Å². The number of carboxylic acid groups (broad SMARTS) is 1. The number of methoxy groups -OCH3 is 1. The van der Waals surface area contributed by atoms with Gasteiger partial charge in [-0.25, -0.2) is 0 Å². The molecule has 0 saturated heterocycles. The van der Waals surface area contributed by atoms with Crippen molar-refractivity contribution in [3.63, 3.8) is 0 Å². The molecule has 1 aromatic heterocycles. The minimum atomic E-state index is -0.770. The fourth-order valence-electron chi connectivity index (χ4n) is 2.09. The van der Waals surface area contributed by atoms with Gasteiger partial charge in [0.05, 0.1) is 13.2 Å². The van der Waals surface area contributed by atoms with E-state index in [1.54, 1.807) is 7.11 Å². The summed E-state index contributed by atoms with van der Waals surface area (Å²) in [6.45, 7) is 2.63. The fraction of sp³-hybridized carbons (Fsp3) is 0.400. The van der Waals surface area contributed by atoms with Crippen LogP contribution >= 0.6 is 0 Å². The lowest BCUT2D eigenvalue weighted by Gasteiger charge is -2.10. The second-order valence-corrected chi connectivity index (χ2v) is 4.70. The highest BCUT2D eigenvalue weighted by atomic mass is 16.5. The van der Waals surface area contributed by atoms with Crippen molar-refractivity contribution < 1.29 is 19.1 Å². The number of fused-ring (bicyclic) bond motifs is 1. The largest absolute Gasteiger partial charge is 0.493 e. The maximum absolute atomic E-state index is 10.4. The molecule has 108 valence electrons. The Labute approximate surface area is 117 Å². The van der Waals surface area contributed by atoms with Gasteiger partial charge in [0.15, 0.2) is 11.3 Å². The van der Waals surface area contributed by atoms with E-state index in [-0.39, 0.29) is 12.5 Å². The summed E-state index contributed by atoms with van der Waals surface area (Å²) in [4.78, 5) is 10.4. The molecule has 0 bridgehead atoms. The Balaban J connectivity index is 2.03. The van der Waals surface area contributed by atoms with Crippen LogP contribution in [0.1, 0.15) is 31.6 Å². The van der Waals surface area contributed by atoms with Gasteiger partial charge in [-0.3, -0.25) is 4.79 Å². The molecule has 20 heavy (non-hydrogen) atoms. The first-order valence-corrected chi connectivity index (χ1v) is 6.63. The molecule has 2 rings (SSSR count). The Hall–Kier alpha value is -2.01. The van der Waals surface area contributed by atoms with E-state index in [1.165, 1.54) is 0 Å². The number of carboxylic acids is 1. The van der Waals surface area contributed by atoms with Crippen LogP contribution < -0.4 is 10.1 Å². The van der Waals surface area contributed by atoms with Crippen LogP contribution in [-0.4, -0.2) is 24.7 Å². The van der Waals surface area contributed by atoms with Gasteiger partial charge in [0, 0.05) is 11.8 Å². The van der Waals surface area contributed by atoms with Gasteiger partial charge in [0.1, 0.15) is 5.76 Å². The fourth-order valence-corrected chi connectivity index (χ4v) is 2.09. The van der Waals surface area contributed by atoms with Gasteiger partial charge >= 0.3 is 5.97 Å². The SMILES string of the molecule is COc1cccc2cc(C(C)NCCCC(=O)O)oc12. The van der Waals surface area contributed by atoms with Gasteiger partial charge in [-0.05, 0) is 32.0 Å². The molecule has 0 aliphatic heterocycles. The molecule has 0 spiro atoms. The molecular formula is C15H19NO4. The first-order valence-electron chi connectivity index (χ1n) is 6.63. The van der Waals surface area contributed by atoms with Crippen molar-refractivity contribution in [2.24, 2.45) is 0 Å². The van der Waals surface area contributed by atoms with Crippen LogP contribution in [0.15, 0.2) is 28.7 Å². The maximum atomic E-state index is 10.4. The topological polar surface area (TPSA) is 71.7 Å². The van der Waals surface area contributed by atoms with Gasteiger partial charge < -0.3 is 19.6 Å². The first kappa shape index (κ1) is 14.4. The molecule has 1 aromatic carbocycles. The zero-order valence-electron chi connectivity index (χ0n) is 11.7. The summed E-state index contributed by atoms with van der Waals surface area (Å²) in [5.41, 5.74) is 0.740. The van der Waals surface area contributed by atoms with E-state index in [2.05, 4.69) is 5.32 Å². The smallest absolute Gasteiger partial charge is 0.303 e. The lowest BCUT2D eigenvalue weighted by molar-refractivity contribution is -0.137. The average Bonchev–Trinajstić information content (AvgIpc) is 2.87. The molecule has 2 aromatic rings. The molecule has 0 aliphatic rings. The summed E-state index contributed by atoms with van der Waals surface area (Å²) in [5.74, 6) is 0.763. The molecule has 0 radical (unpaired) electrons. The number of rotatable bonds is 7. The zero-order chi connectivity index (χ0) is 14.5. The Morgan fingerprint density at radius 1 is 1.50 bits per heavy atom. The Bertz CT molecular complexity index is 591. The molecule has 1 heterocycles. The van der Waals surface area contributed by atoms with Crippen LogP contribution in [0.4, 0.5) is 0 Å². The number of para-hydroxylation sites is 1. The molecule has 1 atom stereocenters. The van der Waals surface area contributed by atoms with E-state index in [9.17, 15) is 4.79 Å². The average molecular weight is 277 g/mol. The second kappa shape index (κ2) is 6.43. The molecule has 5 heteroatoms. The van der Waals surface area contributed by atoms with Crippen molar-refractivity contribution in [3.05, 3.63) is 30.0 Å². The zero-order valence-corrected chi connectivity index (χ0v) is 11.7. The normalized spacial score (nSPS) is 12.5. The number of carbonyl (C=O) groups is 1. The number of hydrogen-bond donors (Lipinski definition) is 2. The summed E-state index contributed by atoms with van der Waals surface area (Å²) >= 11 is 0. The number of hydrogen-bond acceptors (Lipinski definition) is 4. The van der Waals surface area contributed by atoms with Crippen molar-refractivity contribution in [3.8, 4) is 5.75 Å². The quantitative estimate of drug-likeness (QED) is 0.761. The number of ether oxygens (including phenoxy) is 1. The third-order valence-corrected chi connectivity index (χ3v) is 3.19. The Morgan fingerprint density at radius 2 is 2.30 bits per heavy atom. The van der Waals surface area contributed by atoms with Crippen LogP contribution in [0, 0.1) is 0 Å². The summed E-state index contributed by atoms with van der Waals surface area (Å²) in [6.07, 6.45) is 0.775. The van der Waals surface area contributed by atoms with Crippen molar-refractivity contribution in [1.29, 1.82) is 0 Å². The van der Waals surface area contributed by atoms with Gasteiger partial charge in [-0.1, -0.05) is 12.1 Å². The summed E-state index contributed by atoms with van der Waals surface area (Å²) in [6, 6.07) is 7.77.